The Morgan fingerprint density at radius 3 is 2.94 bits per heavy atom. The molecule has 0 aromatic carbocycles. The predicted molar refractivity (Wildman–Crippen MR) is 75.4 cm³/mol. The standard InChI is InChI=1S/C14H21ClN2O/c1-3-4-12-7-11(9-15)8-14(16-12)17(2)13-5-6-18-10-13/h7-8,13H,3-6,9-10H2,1-2H3. The number of anilines is 1. The molecule has 0 amide bonds. The van der Waals surface area contributed by atoms with Crippen LogP contribution in [0, 0.1) is 0 Å². The molecule has 0 radical (unpaired) electrons. The third-order valence-electron chi connectivity index (χ3n) is 3.40. The summed E-state index contributed by atoms with van der Waals surface area (Å²) in [7, 11) is 2.09. The van der Waals surface area contributed by atoms with Crippen molar-refractivity contribution < 1.29 is 4.74 Å². The van der Waals surface area contributed by atoms with E-state index in [1.54, 1.807) is 0 Å². The Morgan fingerprint density at radius 1 is 1.50 bits per heavy atom. The Morgan fingerprint density at radius 2 is 2.33 bits per heavy atom. The van der Waals surface area contributed by atoms with Crippen LogP contribution in [-0.2, 0) is 17.0 Å². The molecule has 1 atom stereocenters. The zero-order valence-electron chi connectivity index (χ0n) is 11.2. The first-order valence-corrected chi connectivity index (χ1v) is 7.14. The van der Waals surface area contributed by atoms with Crippen molar-refractivity contribution in [3.63, 3.8) is 0 Å². The molecule has 0 spiro atoms. The maximum absolute atomic E-state index is 5.96. The Kier molecular flexibility index (Phi) is 4.84. The number of alkyl halides is 1. The number of nitrogens with zero attached hydrogens (tertiary/aromatic N) is 2. The number of aromatic nitrogens is 1. The summed E-state index contributed by atoms with van der Waals surface area (Å²) >= 11 is 5.96. The second-order valence-corrected chi connectivity index (χ2v) is 5.10. The minimum Gasteiger partial charge on any atom is -0.379 e. The van der Waals surface area contributed by atoms with Crippen molar-refractivity contribution in [1.29, 1.82) is 0 Å². The molecule has 0 saturated carbocycles. The van der Waals surface area contributed by atoms with Crippen LogP contribution in [0.4, 0.5) is 5.82 Å². The van der Waals surface area contributed by atoms with Crippen LogP contribution >= 0.6 is 11.6 Å². The Bertz CT molecular complexity index is 391. The van der Waals surface area contributed by atoms with E-state index in [1.807, 2.05) is 0 Å². The van der Waals surface area contributed by atoms with Crippen LogP contribution in [0.15, 0.2) is 12.1 Å². The van der Waals surface area contributed by atoms with Gasteiger partial charge in [0.1, 0.15) is 5.82 Å². The molecule has 2 rings (SSSR count). The largest absolute Gasteiger partial charge is 0.379 e. The molecule has 1 saturated heterocycles. The quantitative estimate of drug-likeness (QED) is 0.768. The molecule has 3 nitrogen and oxygen atoms in total. The second-order valence-electron chi connectivity index (χ2n) is 4.84. The van der Waals surface area contributed by atoms with Gasteiger partial charge in [-0.1, -0.05) is 13.3 Å². The van der Waals surface area contributed by atoms with Crippen LogP contribution in [0.1, 0.15) is 31.0 Å². The van der Waals surface area contributed by atoms with Gasteiger partial charge in [-0.25, -0.2) is 4.98 Å². The normalized spacial score (nSPS) is 19.2. The maximum atomic E-state index is 5.96. The molecular weight excluding hydrogens is 248 g/mol. The molecule has 1 aliphatic rings. The van der Waals surface area contributed by atoms with Gasteiger partial charge in [-0.05, 0) is 30.5 Å². The van der Waals surface area contributed by atoms with Crippen LogP contribution < -0.4 is 4.90 Å². The number of halogens is 1. The van der Waals surface area contributed by atoms with E-state index >= 15 is 0 Å². The Hall–Kier alpha value is -0.800. The highest BCUT2D eigenvalue weighted by molar-refractivity contribution is 6.17. The van der Waals surface area contributed by atoms with Crippen molar-refractivity contribution in [3.05, 3.63) is 23.4 Å². The lowest BCUT2D eigenvalue weighted by molar-refractivity contribution is 0.193. The van der Waals surface area contributed by atoms with Gasteiger partial charge in [0.25, 0.3) is 0 Å². The molecule has 18 heavy (non-hydrogen) atoms. The van der Waals surface area contributed by atoms with E-state index < -0.39 is 0 Å². The first-order chi connectivity index (χ1) is 8.74. The Balaban J connectivity index is 2.21. The summed E-state index contributed by atoms with van der Waals surface area (Å²) in [6, 6.07) is 4.64. The van der Waals surface area contributed by atoms with Crippen molar-refractivity contribution in [2.24, 2.45) is 0 Å². The summed E-state index contributed by atoms with van der Waals surface area (Å²) in [5.74, 6) is 1.56. The fraction of sp³-hybridized carbons (Fsp3) is 0.643. The monoisotopic (exact) mass is 268 g/mol. The number of likely N-dealkylation sites (N-methyl/N-ethyl adjacent to an activating group) is 1. The van der Waals surface area contributed by atoms with Gasteiger partial charge in [0.2, 0.25) is 0 Å². The van der Waals surface area contributed by atoms with E-state index in [4.69, 9.17) is 21.3 Å². The smallest absolute Gasteiger partial charge is 0.129 e. The third kappa shape index (κ3) is 3.15. The lowest BCUT2D eigenvalue weighted by Gasteiger charge is -2.25. The summed E-state index contributed by atoms with van der Waals surface area (Å²) in [4.78, 5) is 6.95. The van der Waals surface area contributed by atoms with Gasteiger partial charge >= 0.3 is 0 Å². The molecule has 1 fully saturated rings. The lowest BCUT2D eigenvalue weighted by atomic mass is 10.1. The zero-order valence-corrected chi connectivity index (χ0v) is 11.9. The molecule has 100 valence electrons. The number of rotatable bonds is 5. The van der Waals surface area contributed by atoms with Gasteiger partial charge in [0.15, 0.2) is 0 Å². The van der Waals surface area contributed by atoms with E-state index in [1.165, 1.54) is 0 Å². The number of ether oxygens (including phenoxy) is 1. The summed E-state index contributed by atoms with van der Waals surface area (Å²) < 4.78 is 5.44. The molecular formula is C14H21ClN2O. The maximum Gasteiger partial charge on any atom is 0.129 e. The average Bonchev–Trinajstić information content (AvgIpc) is 2.91. The second kappa shape index (κ2) is 6.39. The molecule has 1 aromatic heterocycles. The first-order valence-electron chi connectivity index (χ1n) is 6.61. The minimum absolute atomic E-state index is 0.442. The predicted octanol–water partition coefficient (Wildman–Crippen LogP) is 3.00. The van der Waals surface area contributed by atoms with Gasteiger partial charge in [-0.3, -0.25) is 0 Å². The number of aryl methyl sites for hydroxylation is 1. The fourth-order valence-corrected chi connectivity index (χ4v) is 2.44. The summed E-state index contributed by atoms with van der Waals surface area (Å²) in [6.07, 6.45) is 3.19. The summed E-state index contributed by atoms with van der Waals surface area (Å²) in [5, 5.41) is 0. The molecule has 0 aliphatic carbocycles. The van der Waals surface area contributed by atoms with Crippen molar-refractivity contribution in [2.45, 2.75) is 38.1 Å². The van der Waals surface area contributed by atoms with Crippen LogP contribution in [0.25, 0.3) is 0 Å². The zero-order chi connectivity index (χ0) is 13.0. The van der Waals surface area contributed by atoms with Crippen molar-refractivity contribution >= 4 is 17.4 Å². The highest BCUT2D eigenvalue weighted by Gasteiger charge is 2.21. The summed E-state index contributed by atoms with van der Waals surface area (Å²) in [5.41, 5.74) is 2.28. The van der Waals surface area contributed by atoms with Gasteiger partial charge in [-0.15, -0.1) is 11.6 Å². The van der Waals surface area contributed by atoms with E-state index in [9.17, 15) is 0 Å². The molecule has 1 aromatic rings. The van der Waals surface area contributed by atoms with Crippen LogP contribution in [0.3, 0.4) is 0 Å². The van der Waals surface area contributed by atoms with Crippen LogP contribution in [0.5, 0.6) is 0 Å². The van der Waals surface area contributed by atoms with E-state index in [0.717, 1.165) is 49.6 Å². The molecule has 0 N–H and O–H groups in total. The van der Waals surface area contributed by atoms with Crippen molar-refractivity contribution in [3.8, 4) is 0 Å². The number of hydrogen-bond acceptors (Lipinski definition) is 3. The number of pyridine rings is 1. The molecule has 4 heteroatoms. The van der Waals surface area contributed by atoms with Gasteiger partial charge < -0.3 is 9.64 Å². The molecule has 1 aliphatic heterocycles. The van der Waals surface area contributed by atoms with Crippen molar-refractivity contribution in [2.75, 3.05) is 25.2 Å². The van der Waals surface area contributed by atoms with Gasteiger partial charge in [0.05, 0.1) is 12.6 Å². The minimum atomic E-state index is 0.442. The van der Waals surface area contributed by atoms with Gasteiger partial charge in [0, 0.05) is 25.2 Å². The summed E-state index contributed by atoms with van der Waals surface area (Å²) in [6.45, 7) is 3.82. The number of hydrogen-bond donors (Lipinski definition) is 0. The van der Waals surface area contributed by atoms with E-state index in [0.29, 0.717) is 11.9 Å². The lowest BCUT2D eigenvalue weighted by Crippen LogP contribution is -2.32. The van der Waals surface area contributed by atoms with E-state index in [2.05, 4.69) is 31.0 Å². The Labute approximate surface area is 114 Å². The fourth-order valence-electron chi connectivity index (χ4n) is 2.29. The molecule has 1 unspecified atom stereocenters. The highest BCUT2D eigenvalue weighted by atomic mass is 35.5. The van der Waals surface area contributed by atoms with Crippen LogP contribution in [0.2, 0.25) is 0 Å². The highest BCUT2D eigenvalue weighted by Crippen LogP contribution is 2.21. The first kappa shape index (κ1) is 13.6. The molecule has 2 heterocycles. The SMILES string of the molecule is CCCc1cc(CCl)cc(N(C)C2CCOC2)n1. The van der Waals surface area contributed by atoms with E-state index in [-0.39, 0.29) is 0 Å². The van der Waals surface area contributed by atoms with Crippen molar-refractivity contribution in [1.82, 2.24) is 4.98 Å². The molecule has 0 bridgehead atoms. The van der Waals surface area contributed by atoms with Crippen LogP contribution in [-0.4, -0.2) is 31.3 Å². The van der Waals surface area contributed by atoms with Gasteiger partial charge in [-0.2, -0.15) is 0 Å². The third-order valence-corrected chi connectivity index (χ3v) is 3.71. The average molecular weight is 269 g/mol. The topological polar surface area (TPSA) is 25.4 Å².